The number of ether oxygens (including phenoxy) is 1. The van der Waals surface area contributed by atoms with E-state index < -0.39 is 0 Å². The van der Waals surface area contributed by atoms with Gasteiger partial charge < -0.3 is 14.5 Å². The van der Waals surface area contributed by atoms with Gasteiger partial charge in [0.25, 0.3) is 5.91 Å². The summed E-state index contributed by atoms with van der Waals surface area (Å²) < 4.78 is 12.9. The van der Waals surface area contributed by atoms with Gasteiger partial charge in [-0.3, -0.25) is 9.78 Å². The predicted molar refractivity (Wildman–Crippen MR) is 128 cm³/mol. The molecule has 0 unspecified atom stereocenters. The molecule has 4 aromatic heterocycles. The number of aromatic nitrogens is 4. The number of carbonyl (C=O) groups excluding carboxylic acids is 1. The lowest BCUT2D eigenvalue weighted by atomic mass is 10.1. The van der Waals surface area contributed by atoms with Crippen LogP contribution in [0.1, 0.15) is 21.7 Å². The van der Waals surface area contributed by atoms with Crippen molar-refractivity contribution in [1.82, 2.24) is 25.1 Å². The van der Waals surface area contributed by atoms with E-state index in [0.29, 0.717) is 42.0 Å². The van der Waals surface area contributed by atoms with Crippen molar-refractivity contribution in [3.05, 3.63) is 96.3 Å². The summed E-state index contributed by atoms with van der Waals surface area (Å²) in [6.07, 6.45) is 6.70. The molecule has 0 fully saturated rings. The molecule has 1 aromatic carbocycles. The molecule has 8 nitrogen and oxygen atoms in total. The molecule has 8 heteroatoms. The molecule has 0 aliphatic carbocycles. The fraction of sp³-hybridized carbons (Fsp3) is 0.154. The molecule has 4 heterocycles. The van der Waals surface area contributed by atoms with Crippen LogP contribution in [-0.4, -0.2) is 38.8 Å². The van der Waals surface area contributed by atoms with Crippen LogP contribution in [0.25, 0.3) is 22.3 Å². The van der Waals surface area contributed by atoms with E-state index >= 15 is 0 Å². The number of nitrogens with zero attached hydrogens (tertiary/aromatic N) is 4. The molecule has 0 bridgehead atoms. The van der Waals surface area contributed by atoms with Crippen LogP contribution in [0.15, 0.2) is 83.9 Å². The standard InChI is InChI=1S/C26H23N5O3/c1-18-5-2-7-20(13-18)34-12-10-28-26(32)22-14-24(19-6-3-9-27-15-19)30-25-23(22)16-29-31(25)17-21-8-4-11-33-21/h2-9,11,13-16H,10,12,17H2,1H3,(H,28,32). The number of fused-ring (bicyclic) bond motifs is 1. The second kappa shape index (κ2) is 9.58. The van der Waals surface area contributed by atoms with Gasteiger partial charge in [0.1, 0.15) is 24.7 Å². The van der Waals surface area contributed by atoms with Crippen molar-refractivity contribution in [2.75, 3.05) is 13.2 Å². The maximum atomic E-state index is 13.2. The Bertz CT molecular complexity index is 1410. The van der Waals surface area contributed by atoms with E-state index in [1.807, 2.05) is 55.5 Å². The van der Waals surface area contributed by atoms with Crippen molar-refractivity contribution in [3.8, 4) is 17.0 Å². The lowest BCUT2D eigenvalue weighted by Gasteiger charge is -2.10. The van der Waals surface area contributed by atoms with Crippen LogP contribution in [0, 0.1) is 6.92 Å². The highest BCUT2D eigenvalue weighted by atomic mass is 16.5. The number of hydrogen-bond donors (Lipinski definition) is 1. The van der Waals surface area contributed by atoms with Crippen molar-refractivity contribution >= 4 is 16.9 Å². The third kappa shape index (κ3) is 4.66. The van der Waals surface area contributed by atoms with Crippen LogP contribution in [0.5, 0.6) is 5.75 Å². The summed E-state index contributed by atoms with van der Waals surface area (Å²) >= 11 is 0. The van der Waals surface area contributed by atoms with Gasteiger partial charge in [0.2, 0.25) is 0 Å². The molecule has 0 aliphatic rings. The van der Waals surface area contributed by atoms with E-state index in [4.69, 9.17) is 14.1 Å². The summed E-state index contributed by atoms with van der Waals surface area (Å²) in [6.45, 7) is 3.14. The first-order valence-electron chi connectivity index (χ1n) is 10.9. The average molecular weight is 454 g/mol. The number of carbonyl (C=O) groups is 1. The quantitative estimate of drug-likeness (QED) is 0.353. The Labute approximate surface area is 196 Å². The molecule has 170 valence electrons. The summed E-state index contributed by atoms with van der Waals surface area (Å²) in [6, 6.07) is 17.0. The normalized spacial score (nSPS) is 11.0. The highest BCUT2D eigenvalue weighted by molar-refractivity contribution is 6.06. The number of pyridine rings is 2. The number of amides is 1. The van der Waals surface area contributed by atoms with E-state index in [1.54, 1.807) is 35.6 Å². The summed E-state index contributed by atoms with van der Waals surface area (Å²) in [4.78, 5) is 22.1. The van der Waals surface area contributed by atoms with Gasteiger partial charge in [0.15, 0.2) is 5.65 Å². The Hall–Kier alpha value is -4.46. The lowest BCUT2D eigenvalue weighted by Crippen LogP contribution is -2.28. The van der Waals surface area contributed by atoms with E-state index in [1.165, 1.54) is 0 Å². The molecule has 0 saturated heterocycles. The van der Waals surface area contributed by atoms with Crippen molar-refractivity contribution in [2.45, 2.75) is 13.5 Å². The highest BCUT2D eigenvalue weighted by Gasteiger charge is 2.18. The zero-order valence-corrected chi connectivity index (χ0v) is 18.6. The van der Waals surface area contributed by atoms with Gasteiger partial charge in [-0.2, -0.15) is 5.10 Å². The minimum atomic E-state index is -0.220. The Balaban J connectivity index is 1.40. The van der Waals surface area contributed by atoms with Gasteiger partial charge >= 0.3 is 0 Å². The molecule has 0 aliphatic heterocycles. The fourth-order valence-corrected chi connectivity index (χ4v) is 3.70. The summed E-state index contributed by atoms with van der Waals surface area (Å²) in [5, 5.41) is 8.08. The van der Waals surface area contributed by atoms with Gasteiger partial charge in [-0.15, -0.1) is 0 Å². The molecule has 5 rings (SSSR count). The number of benzene rings is 1. The van der Waals surface area contributed by atoms with Crippen molar-refractivity contribution in [1.29, 1.82) is 0 Å². The molecule has 0 atom stereocenters. The van der Waals surface area contributed by atoms with E-state index in [2.05, 4.69) is 15.4 Å². The van der Waals surface area contributed by atoms with E-state index in [9.17, 15) is 4.79 Å². The van der Waals surface area contributed by atoms with Crippen LogP contribution < -0.4 is 10.1 Å². The second-order valence-electron chi connectivity index (χ2n) is 7.84. The van der Waals surface area contributed by atoms with Crippen molar-refractivity contribution in [3.63, 3.8) is 0 Å². The largest absolute Gasteiger partial charge is 0.492 e. The SMILES string of the molecule is Cc1cccc(OCCNC(=O)c2cc(-c3cccnc3)nc3c2cnn3Cc2ccco2)c1. The van der Waals surface area contributed by atoms with E-state index in [-0.39, 0.29) is 5.91 Å². The van der Waals surface area contributed by atoms with Gasteiger partial charge in [0, 0.05) is 18.0 Å². The number of aryl methyl sites for hydroxylation is 1. The molecular formula is C26H23N5O3. The van der Waals surface area contributed by atoms with Crippen LogP contribution in [0.2, 0.25) is 0 Å². The smallest absolute Gasteiger partial charge is 0.252 e. The third-order valence-electron chi connectivity index (χ3n) is 5.34. The number of nitrogens with one attached hydrogen (secondary N) is 1. The Morgan fingerprint density at radius 1 is 1.12 bits per heavy atom. The Morgan fingerprint density at radius 3 is 2.85 bits per heavy atom. The van der Waals surface area contributed by atoms with Gasteiger partial charge in [-0.1, -0.05) is 12.1 Å². The minimum absolute atomic E-state index is 0.220. The zero-order valence-electron chi connectivity index (χ0n) is 18.6. The molecular weight excluding hydrogens is 430 g/mol. The van der Waals surface area contributed by atoms with Crippen LogP contribution in [0.3, 0.4) is 0 Å². The lowest BCUT2D eigenvalue weighted by molar-refractivity contribution is 0.0948. The van der Waals surface area contributed by atoms with Crippen LogP contribution >= 0.6 is 0 Å². The third-order valence-corrected chi connectivity index (χ3v) is 5.34. The topological polar surface area (TPSA) is 95.1 Å². The molecule has 0 radical (unpaired) electrons. The van der Waals surface area contributed by atoms with Gasteiger partial charge in [0.05, 0.1) is 35.6 Å². The summed E-state index contributed by atoms with van der Waals surface area (Å²) in [5.74, 6) is 1.31. The number of hydrogen-bond acceptors (Lipinski definition) is 6. The Kier molecular flexibility index (Phi) is 6.03. The maximum absolute atomic E-state index is 13.2. The first-order chi connectivity index (χ1) is 16.7. The first-order valence-corrected chi connectivity index (χ1v) is 10.9. The second-order valence-corrected chi connectivity index (χ2v) is 7.84. The molecule has 1 amide bonds. The van der Waals surface area contributed by atoms with Gasteiger partial charge in [-0.25, -0.2) is 9.67 Å². The number of furan rings is 1. The van der Waals surface area contributed by atoms with Crippen molar-refractivity contribution < 1.29 is 13.9 Å². The molecule has 0 spiro atoms. The predicted octanol–water partition coefficient (Wildman–Crippen LogP) is 4.25. The average Bonchev–Trinajstić information content (AvgIpc) is 3.52. The Morgan fingerprint density at radius 2 is 2.06 bits per heavy atom. The molecule has 34 heavy (non-hydrogen) atoms. The molecule has 1 N–H and O–H groups in total. The zero-order chi connectivity index (χ0) is 23.3. The van der Waals surface area contributed by atoms with Crippen LogP contribution in [0.4, 0.5) is 0 Å². The fourth-order valence-electron chi connectivity index (χ4n) is 3.70. The summed E-state index contributed by atoms with van der Waals surface area (Å²) in [7, 11) is 0. The number of rotatable bonds is 8. The van der Waals surface area contributed by atoms with Crippen molar-refractivity contribution in [2.24, 2.45) is 0 Å². The first kappa shape index (κ1) is 21.4. The highest BCUT2D eigenvalue weighted by Crippen LogP contribution is 2.25. The van der Waals surface area contributed by atoms with E-state index in [0.717, 1.165) is 22.6 Å². The summed E-state index contributed by atoms with van der Waals surface area (Å²) in [5.41, 5.74) is 3.66. The molecule has 5 aromatic rings. The minimum Gasteiger partial charge on any atom is -0.492 e. The van der Waals surface area contributed by atoms with Gasteiger partial charge in [-0.05, 0) is 55.0 Å². The maximum Gasteiger partial charge on any atom is 0.252 e. The monoisotopic (exact) mass is 453 g/mol. The van der Waals surface area contributed by atoms with Crippen LogP contribution in [-0.2, 0) is 6.54 Å². The molecule has 0 saturated carbocycles.